The zero-order chi connectivity index (χ0) is 16.1. The fourth-order valence-corrected chi connectivity index (χ4v) is 1.75. The standard InChI is InChI=1S/C15H25NO5/c1-4-13(17)16(14(18)9-5-7-11-20-2)15(19)10-6-8-12-21-3/h4H,1,5-12H2,2-3H3. The van der Waals surface area contributed by atoms with Gasteiger partial charge in [0.05, 0.1) is 0 Å². The Morgan fingerprint density at radius 1 is 0.905 bits per heavy atom. The van der Waals surface area contributed by atoms with Crippen molar-refractivity contribution in [2.75, 3.05) is 27.4 Å². The second-order valence-corrected chi connectivity index (χ2v) is 4.57. The van der Waals surface area contributed by atoms with E-state index in [1.165, 1.54) is 0 Å². The van der Waals surface area contributed by atoms with E-state index in [0.29, 0.717) is 43.8 Å². The molecule has 0 heterocycles. The quantitative estimate of drug-likeness (QED) is 0.429. The van der Waals surface area contributed by atoms with E-state index in [-0.39, 0.29) is 12.8 Å². The van der Waals surface area contributed by atoms with Crippen LogP contribution in [-0.2, 0) is 23.9 Å². The van der Waals surface area contributed by atoms with Crippen LogP contribution in [0.5, 0.6) is 0 Å². The van der Waals surface area contributed by atoms with Gasteiger partial charge in [0.2, 0.25) is 11.8 Å². The molecule has 0 fully saturated rings. The van der Waals surface area contributed by atoms with Crippen molar-refractivity contribution in [3.8, 4) is 0 Å². The number of hydrogen-bond acceptors (Lipinski definition) is 5. The summed E-state index contributed by atoms with van der Waals surface area (Å²) >= 11 is 0. The fraction of sp³-hybridized carbons (Fsp3) is 0.667. The summed E-state index contributed by atoms with van der Waals surface area (Å²) in [5.41, 5.74) is 0. The molecule has 3 amide bonds. The Labute approximate surface area is 126 Å². The Balaban J connectivity index is 4.42. The Kier molecular flexibility index (Phi) is 11.3. The molecule has 0 atom stereocenters. The van der Waals surface area contributed by atoms with E-state index in [1.54, 1.807) is 14.2 Å². The minimum absolute atomic E-state index is 0.146. The average Bonchev–Trinajstić information content (AvgIpc) is 2.48. The summed E-state index contributed by atoms with van der Waals surface area (Å²) in [5, 5.41) is 0. The third kappa shape index (κ3) is 8.37. The maximum atomic E-state index is 12.0. The van der Waals surface area contributed by atoms with E-state index in [0.717, 1.165) is 6.08 Å². The van der Waals surface area contributed by atoms with Crippen molar-refractivity contribution in [1.29, 1.82) is 0 Å². The lowest BCUT2D eigenvalue weighted by molar-refractivity contribution is -0.152. The lowest BCUT2D eigenvalue weighted by atomic mass is 10.2. The molecule has 0 radical (unpaired) electrons. The highest BCUT2D eigenvalue weighted by atomic mass is 16.5. The van der Waals surface area contributed by atoms with E-state index in [9.17, 15) is 14.4 Å². The van der Waals surface area contributed by atoms with Crippen LogP contribution in [0.1, 0.15) is 38.5 Å². The topological polar surface area (TPSA) is 72.9 Å². The van der Waals surface area contributed by atoms with Crippen molar-refractivity contribution in [2.24, 2.45) is 0 Å². The lowest BCUT2D eigenvalue weighted by Gasteiger charge is -2.17. The summed E-state index contributed by atoms with van der Waals surface area (Å²) in [7, 11) is 3.16. The van der Waals surface area contributed by atoms with E-state index in [1.807, 2.05) is 0 Å². The maximum absolute atomic E-state index is 12.0. The predicted octanol–water partition coefficient (Wildman–Crippen LogP) is 1.69. The van der Waals surface area contributed by atoms with Crippen molar-refractivity contribution in [2.45, 2.75) is 38.5 Å². The first kappa shape index (κ1) is 19.5. The number of rotatable bonds is 11. The summed E-state index contributed by atoms with van der Waals surface area (Å²) in [4.78, 5) is 36.4. The number of nitrogens with zero attached hydrogens (tertiary/aromatic N) is 1. The van der Waals surface area contributed by atoms with E-state index in [4.69, 9.17) is 9.47 Å². The number of imide groups is 3. The van der Waals surface area contributed by atoms with Crippen LogP contribution in [0.25, 0.3) is 0 Å². The molecule has 0 aromatic rings. The van der Waals surface area contributed by atoms with Gasteiger partial charge in [-0.2, -0.15) is 0 Å². The molecule has 6 heteroatoms. The van der Waals surface area contributed by atoms with Crippen LogP contribution in [0.3, 0.4) is 0 Å². The molecule has 6 nitrogen and oxygen atoms in total. The van der Waals surface area contributed by atoms with Crippen LogP contribution in [-0.4, -0.2) is 50.1 Å². The molecule has 0 aromatic heterocycles. The van der Waals surface area contributed by atoms with Crippen molar-refractivity contribution >= 4 is 17.7 Å². The second kappa shape index (κ2) is 12.2. The maximum Gasteiger partial charge on any atom is 0.259 e. The summed E-state index contributed by atoms with van der Waals surface area (Å²) in [5.74, 6) is -1.62. The third-order valence-corrected chi connectivity index (χ3v) is 2.87. The van der Waals surface area contributed by atoms with Gasteiger partial charge in [0.15, 0.2) is 0 Å². The zero-order valence-electron chi connectivity index (χ0n) is 12.9. The van der Waals surface area contributed by atoms with Crippen LogP contribution >= 0.6 is 0 Å². The number of hydrogen-bond donors (Lipinski definition) is 0. The molecule has 21 heavy (non-hydrogen) atoms. The highest BCUT2D eigenvalue weighted by Crippen LogP contribution is 2.07. The number of amides is 3. The van der Waals surface area contributed by atoms with Gasteiger partial charge in [-0.05, 0) is 31.8 Å². The first-order chi connectivity index (χ1) is 10.1. The molecule has 0 saturated heterocycles. The van der Waals surface area contributed by atoms with Crippen molar-refractivity contribution in [3.05, 3.63) is 12.7 Å². The summed E-state index contributed by atoms with van der Waals surface area (Å²) in [6, 6.07) is 0. The van der Waals surface area contributed by atoms with Gasteiger partial charge in [-0.25, -0.2) is 4.90 Å². The Morgan fingerprint density at radius 3 is 1.67 bits per heavy atom. The molecule has 120 valence electrons. The van der Waals surface area contributed by atoms with E-state index in [2.05, 4.69) is 6.58 Å². The lowest BCUT2D eigenvalue weighted by Crippen LogP contribution is -2.40. The summed E-state index contributed by atoms with van der Waals surface area (Å²) < 4.78 is 9.78. The molecule has 0 aliphatic carbocycles. The normalized spacial score (nSPS) is 10.2. The molecule has 0 unspecified atom stereocenters. The molecular formula is C15H25NO5. The van der Waals surface area contributed by atoms with Gasteiger partial charge in [0, 0.05) is 40.3 Å². The molecule has 0 rings (SSSR count). The monoisotopic (exact) mass is 299 g/mol. The molecule has 0 aromatic carbocycles. The van der Waals surface area contributed by atoms with Crippen LogP contribution in [0.15, 0.2) is 12.7 Å². The van der Waals surface area contributed by atoms with Gasteiger partial charge in [-0.3, -0.25) is 14.4 Å². The van der Waals surface area contributed by atoms with Gasteiger partial charge >= 0.3 is 0 Å². The molecule has 0 aliphatic rings. The van der Waals surface area contributed by atoms with Crippen LogP contribution < -0.4 is 0 Å². The third-order valence-electron chi connectivity index (χ3n) is 2.87. The van der Waals surface area contributed by atoms with Crippen LogP contribution in [0, 0.1) is 0 Å². The molecule has 0 bridgehead atoms. The largest absolute Gasteiger partial charge is 0.385 e. The molecule has 0 saturated carbocycles. The summed E-state index contributed by atoms with van der Waals surface area (Å²) in [6.45, 7) is 4.43. The second-order valence-electron chi connectivity index (χ2n) is 4.57. The van der Waals surface area contributed by atoms with Gasteiger partial charge in [0.1, 0.15) is 0 Å². The Morgan fingerprint density at radius 2 is 1.33 bits per heavy atom. The average molecular weight is 299 g/mol. The summed E-state index contributed by atoms with van der Waals surface area (Å²) in [6.07, 6.45) is 3.84. The zero-order valence-corrected chi connectivity index (χ0v) is 12.9. The SMILES string of the molecule is C=CC(=O)N(C(=O)CCCCOC)C(=O)CCCCOC. The highest BCUT2D eigenvalue weighted by molar-refractivity contribution is 6.13. The van der Waals surface area contributed by atoms with Gasteiger partial charge < -0.3 is 9.47 Å². The van der Waals surface area contributed by atoms with Crippen molar-refractivity contribution in [1.82, 2.24) is 4.90 Å². The molecule has 0 N–H and O–H groups in total. The van der Waals surface area contributed by atoms with Crippen molar-refractivity contribution in [3.63, 3.8) is 0 Å². The number of carbonyl (C=O) groups excluding carboxylic acids is 3. The highest BCUT2D eigenvalue weighted by Gasteiger charge is 2.25. The van der Waals surface area contributed by atoms with Gasteiger partial charge in [0.25, 0.3) is 5.91 Å². The molecule has 0 spiro atoms. The number of carbonyl (C=O) groups is 3. The smallest absolute Gasteiger partial charge is 0.259 e. The van der Waals surface area contributed by atoms with Crippen molar-refractivity contribution < 1.29 is 23.9 Å². The first-order valence-corrected chi connectivity index (χ1v) is 7.08. The van der Waals surface area contributed by atoms with Gasteiger partial charge in [-0.1, -0.05) is 6.58 Å². The molecular weight excluding hydrogens is 274 g/mol. The first-order valence-electron chi connectivity index (χ1n) is 7.08. The fourth-order valence-electron chi connectivity index (χ4n) is 1.75. The number of unbranched alkanes of at least 4 members (excludes halogenated alkanes) is 2. The Bertz CT molecular complexity index is 330. The number of methoxy groups -OCH3 is 2. The minimum Gasteiger partial charge on any atom is -0.385 e. The predicted molar refractivity (Wildman–Crippen MR) is 78.5 cm³/mol. The van der Waals surface area contributed by atoms with Crippen LogP contribution in [0.2, 0.25) is 0 Å². The molecule has 0 aliphatic heterocycles. The number of ether oxygens (including phenoxy) is 2. The van der Waals surface area contributed by atoms with E-state index < -0.39 is 17.7 Å². The van der Waals surface area contributed by atoms with E-state index >= 15 is 0 Å². The van der Waals surface area contributed by atoms with Crippen LogP contribution in [0.4, 0.5) is 0 Å². The Hall–Kier alpha value is -1.53. The van der Waals surface area contributed by atoms with Gasteiger partial charge in [-0.15, -0.1) is 0 Å². The minimum atomic E-state index is -0.663.